The smallest absolute Gasteiger partial charge is 0.182 e. The molecule has 2 aromatic rings. The summed E-state index contributed by atoms with van der Waals surface area (Å²) in [6.45, 7) is 0.694. The van der Waals surface area contributed by atoms with Crippen LogP contribution in [0, 0.1) is 11.3 Å². The van der Waals surface area contributed by atoms with Crippen molar-refractivity contribution in [1.82, 2.24) is 9.97 Å². The number of nitrogens with zero attached hydrogens (tertiary/aromatic N) is 3. The molecule has 0 amide bonds. The Kier molecular flexibility index (Phi) is 3.57. The monoisotopic (exact) mass is 266 g/mol. The number of hydrogen-bond acceptors (Lipinski definition) is 5. The summed E-state index contributed by atoms with van der Waals surface area (Å²) in [6, 6.07) is 12.2. The van der Waals surface area contributed by atoms with Crippen molar-refractivity contribution in [3.8, 4) is 6.07 Å². The van der Waals surface area contributed by atoms with Gasteiger partial charge in [-0.1, -0.05) is 30.3 Å². The number of ether oxygens (including phenoxy) is 1. The van der Waals surface area contributed by atoms with Gasteiger partial charge in [0.05, 0.1) is 6.04 Å². The first-order chi connectivity index (χ1) is 9.88. The molecule has 100 valence electrons. The van der Waals surface area contributed by atoms with E-state index in [2.05, 4.69) is 15.3 Å². The lowest BCUT2D eigenvalue weighted by atomic mass is 10.0. The maximum absolute atomic E-state index is 9.05. The van der Waals surface area contributed by atoms with E-state index in [-0.39, 0.29) is 12.1 Å². The standard InChI is InChI=1S/C15H14N4O/c16-10-13-15(18-8-7-17-13)19-12-6-9-20-14(12)11-4-2-1-3-5-11/h1-5,7-8,12,14H,6,9H2,(H,18,19)/t12-,14+/m1/s1. The Bertz CT molecular complexity index is 623. The Labute approximate surface area is 117 Å². The van der Waals surface area contributed by atoms with E-state index in [1.54, 1.807) is 6.20 Å². The summed E-state index contributed by atoms with van der Waals surface area (Å²) in [4.78, 5) is 8.20. The normalized spacial score (nSPS) is 21.4. The van der Waals surface area contributed by atoms with Gasteiger partial charge in [-0.3, -0.25) is 0 Å². The summed E-state index contributed by atoms with van der Waals surface area (Å²) in [7, 11) is 0. The van der Waals surface area contributed by atoms with Gasteiger partial charge in [0.15, 0.2) is 11.5 Å². The number of rotatable bonds is 3. The molecule has 1 aliphatic heterocycles. The van der Waals surface area contributed by atoms with Gasteiger partial charge < -0.3 is 10.1 Å². The van der Waals surface area contributed by atoms with Crippen LogP contribution in [-0.4, -0.2) is 22.6 Å². The van der Waals surface area contributed by atoms with E-state index in [1.807, 2.05) is 36.4 Å². The minimum Gasteiger partial charge on any atom is -0.371 e. The molecule has 5 heteroatoms. The summed E-state index contributed by atoms with van der Waals surface area (Å²) < 4.78 is 5.80. The molecule has 0 bridgehead atoms. The molecule has 1 N–H and O–H groups in total. The van der Waals surface area contributed by atoms with Gasteiger partial charge in [-0.05, 0) is 12.0 Å². The predicted octanol–water partition coefficient (Wildman–Crippen LogP) is 2.29. The number of hydrogen-bond donors (Lipinski definition) is 1. The second-order valence-electron chi connectivity index (χ2n) is 4.61. The van der Waals surface area contributed by atoms with Crippen LogP contribution in [0.15, 0.2) is 42.7 Å². The van der Waals surface area contributed by atoms with E-state index >= 15 is 0 Å². The van der Waals surface area contributed by atoms with Crippen molar-refractivity contribution in [2.75, 3.05) is 11.9 Å². The zero-order valence-corrected chi connectivity index (χ0v) is 10.9. The summed E-state index contributed by atoms with van der Waals surface area (Å²) in [5.74, 6) is 0.520. The Morgan fingerprint density at radius 3 is 2.80 bits per heavy atom. The highest BCUT2D eigenvalue weighted by Crippen LogP contribution is 2.31. The molecule has 1 aromatic carbocycles. The van der Waals surface area contributed by atoms with Crippen LogP contribution in [-0.2, 0) is 4.74 Å². The lowest BCUT2D eigenvalue weighted by Gasteiger charge is -2.20. The van der Waals surface area contributed by atoms with Crippen LogP contribution in [0.25, 0.3) is 0 Å². The fraction of sp³-hybridized carbons (Fsp3) is 0.267. The molecule has 0 spiro atoms. The molecule has 5 nitrogen and oxygen atoms in total. The summed E-state index contributed by atoms with van der Waals surface area (Å²) >= 11 is 0. The first-order valence-electron chi connectivity index (χ1n) is 6.52. The lowest BCUT2D eigenvalue weighted by Crippen LogP contribution is -2.24. The van der Waals surface area contributed by atoms with Crippen LogP contribution in [0.5, 0.6) is 0 Å². The first kappa shape index (κ1) is 12.6. The third-order valence-corrected chi connectivity index (χ3v) is 3.35. The molecule has 1 fully saturated rings. The van der Waals surface area contributed by atoms with Crippen LogP contribution >= 0.6 is 0 Å². The summed E-state index contributed by atoms with van der Waals surface area (Å²) in [6.07, 6.45) is 3.95. The molecular weight excluding hydrogens is 252 g/mol. The molecule has 1 aliphatic rings. The minimum absolute atomic E-state index is 0.0234. The average Bonchev–Trinajstić information content (AvgIpc) is 2.97. The SMILES string of the molecule is N#Cc1nccnc1N[C@@H]1CCO[C@H]1c1ccccc1. The maximum atomic E-state index is 9.05. The number of anilines is 1. The largest absolute Gasteiger partial charge is 0.371 e. The molecular formula is C15H14N4O. The Morgan fingerprint density at radius 2 is 2.00 bits per heavy atom. The molecule has 0 aliphatic carbocycles. The Hall–Kier alpha value is -2.45. The number of benzene rings is 1. The predicted molar refractivity (Wildman–Crippen MR) is 73.9 cm³/mol. The van der Waals surface area contributed by atoms with Crippen LogP contribution in [0.4, 0.5) is 5.82 Å². The Balaban J connectivity index is 1.82. The van der Waals surface area contributed by atoms with Crippen LogP contribution in [0.3, 0.4) is 0 Å². The van der Waals surface area contributed by atoms with Crippen molar-refractivity contribution in [3.05, 3.63) is 54.0 Å². The van der Waals surface area contributed by atoms with Crippen molar-refractivity contribution in [1.29, 1.82) is 5.26 Å². The van der Waals surface area contributed by atoms with Crippen molar-refractivity contribution in [2.24, 2.45) is 0 Å². The highest BCUT2D eigenvalue weighted by Gasteiger charge is 2.30. The molecule has 2 atom stereocenters. The topological polar surface area (TPSA) is 70.8 Å². The highest BCUT2D eigenvalue weighted by molar-refractivity contribution is 5.48. The van der Waals surface area contributed by atoms with Gasteiger partial charge in [-0.25, -0.2) is 9.97 Å². The zero-order valence-electron chi connectivity index (χ0n) is 10.9. The molecule has 0 saturated carbocycles. The van der Waals surface area contributed by atoms with Crippen LogP contribution < -0.4 is 5.32 Å². The summed E-state index contributed by atoms with van der Waals surface area (Å²) in [5.41, 5.74) is 1.44. The van der Waals surface area contributed by atoms with Crippen LogP contribution in [0.2, 0.25) is 0 Å². The van der Waals surface area contributed by atoms with E-state index in [4.69, 9.17) is 10.00 Å². The zero-order chi connectivity index (χ0) is 13.8. The molecule has 1 saturated heterocycles. The fourth-order valence-electron chi connectivity index (χ4n) is 2.41. The minimum atomic E-state index is -0.0234. The lowest BCUT2D eigenvalue weighted by molar-refractivity contribution is 0.107. The number of nitriles is 1. The molecule has 0 radical (unpaired) electrons. The number of aromatic nitrogens is 2. The molecule has 3 rings (SSSR count). The molecule has 20 heavy (non-hydrogen) atoms. The summed E-state index contributed by atoms with van der Waals surface area (Å²) in [5, 5.41) is 12.3. The molecule has 1 aromatic heterocycles. The van der Waals surface area contributed by atoms with Crippen molar-refractivity contribution in [3.63, 3.8) is 0 Å². The fourth-order valence-corrected chi connectivity index (χ4v) is 2.41. The molecule has 2 heterocycles. The van der Waals surface area contributed by atoms with Crippen molar-refractivity contribution < 1.29 is 4.74 Å². The van der Waals surface area contributed by atoms with Gasteiger partial charge in [-0.15, -0.1) is 0 Å². The van der Waals surface area contributed by atoms with E-state index in [0.29, 0.717) is 18.1 Å². The highest BCUT2D eigenvalue weighted by atomic mass is 16.5. The maximum Gasteiger partial charge on any atom is 0.182 e. The van der Waals surface area contributed by atoms with Gasteiger partial charge in [-0.2, -0.15) is 5.26 Å². The van der Waals surface area contributed by atoms with E-state index in [0.717, 1.165) is 12.0 Å². The van der Waals surface area contributed by atoms with Gasteiger partial charge in [0.2, 0.25) is 0 Å². The van der Waals surface area contributed by atoms with E-state index in [1.165, 1.54) is 6.20 Å². The first-order valence-corrected chi connectivity index (χ1v) is 6.52. The quantitative estimate of drug-likeness (QED) is 0.922. The van der Waals surface area contributed by atoms with Gasteiger partial charge >= 0.3 is 0 Å². The number of nitrogens with one attached hydrogen (secondary N) is 1. The van der Waals surface area contributed by atoms with Crippen molar-refractivity contribution in [2.45, 2.75) is 18.6 Å². The second kappa shape index (κ2) is 5.68. The Morgan fingerprint density at radius 1 is 1.20 bits per heavy atom. The second-order valence-corrected chi connectivity index (χ2v) is 4.61. The molecule has 0 unspecified atom stereocenters. The van der Waals surface area contributed by atoms with Gasteiger partial charge in [0.1, 0.15) is 12.2 Å². The average molecular weight is 266 g/mol. The van der Waals surface area contributed by atoms with Crippen LogP contribution in [0.1, 0.15) is 23.8 Å². The van der Waals surface area contributed by atoms with Gasteiger partial charge in [0, 0.05) is 19.0 Å². The third-order valence-electron chi connectivity index (χ3n) is 3.35. The third kappa shape index (κ3) is 2.46. The van der Waals surface area contributed by atoms with E-state index in [9.17, 15) is 0 Å². The van der Waals surface area contributed by atoms with Crippen molar-refractivity contribution >= 4 is 5.82 Å². The van der Waals surface area contributed by atoms with E-state index < -0.39 is 0 Å². The van der Waals surface area contributed by atoms with Gasteiger partial charge in [0.25, 0.3) is 0 Å².